The molecule has 2 aliphatic heterocycles. The normalized spacial score (nSPS) is 22.4. The van der Waals surface area contributed by atoms with Crippen molar-refractivity contribution in [1.29, 1.82) is 0 Å². The minimum absolute atomic E-state index is 0.0227. The first-order valence-electron chi connectivity index (χ1n) is 8.02. The summed E-state index contributed by atoms with van der Waals surface area (Å²) in [5.74, 6) is -2.34. The molecule has 2 aromatic rings. The van der Waals surface area contributed by atoms with E-state index in [4.69, 9.17) is 23.5 Å². The number of carbonyl (C=O) groups is 1. The number of anilines is 1. The number of rotatable bonds is 4. The van der Waals surface area contributed by atoms with E-state index < -0.39 is 35.6 Å². The van der Waals surface area contributed by atoms with Gasteiger partial charge in [-0.15, -0.1) is 0 Å². The van der Waals surface area contributed by atoms with Crippen LogP contribution in [0.25, 0.3) is 11.0 Å². The summed E-state index contributed by atoms with van der Waals surface area (Å²) in [7, 11) is 1.49. The Morgan fingerprint density at radius 1 is 1.31 bits per heavy atom. The lowest BCUT2D eigenvalue weighted by Gasteiger charge is -2.23. The molecule has 0 unspecified atom stereocenters. The van der Waals surface area contributed by atoms with Crippen LogP contribution in [-0.2, 0) is 18.9 Å². The number of hydrogen-bond acceptors (Lipinski definition) is 7. The van der Waals surface area contributed by atoms with Gasteiger partial charge >= 0.3 is 6.09 Å². The molecule has 1 aromatic heterocycles. The topological polar surface area (TPSA) is 83.3 Å². The Kier molecular flexibility index (Phi) is 4.25. The van der Waals surface area contributed by atoms with Crippen molar-refractivity contribution in [3.63, 3.8) is 0 Å². The second-order valence-electron chi connectivity index (χ2n) is 6.01. The summed E-state index contributed by atoms with van der Waals surface area (Å²) in [6.07, 6.45) is -2.08. The highest BCUT2D eigenvalue weighted by molar-refractivity contribution is 5.99. The fraction of sp³-hybridized carbons (Fsp3) is 0.500. The third-order valence-electron chi connectivity index (χ3n) is 4.58. The van der Waals surface area contributed by atoms with Crippen LogP contribution in [-0.4, -0.2) is 50.3 Å². The van der Waals surface area contributed by atoms with Crippen molar-refractivity contribution >= 4 is 22.9 Å². The van der Waals surface area contributed by atoms with E-state index in [0.29, 0.717) is 0 Å². The molecule has 0 radical (unpaired) electrons. The van der Waals surface area contributed by atoms with Crippen LogP contribution < -0.4 is 4.90 Å². The Labute approximate surface area is 146 Å². The molecule has 0 spiro atoms. The average Bonchev–Trinajstić information content (AvgIpc) is 3.36. The first kappa shape index (κ1) is 17.1. The van der Waals surface area contributed by atoms with E-state index in [-0.39, 0.29) is 42.7 Å². The average molecular weight is 370 g/mol. The molecule has 0 bridgehead atoms. The van der Waals surface area contributed by atoms with Crippen LogP contribution in [0.2, 0.25) is 0 Å². The lowest BCUT2D eigenvalue weighted by atomic mass is 10.1. The minimum Gasteiger partial charge on any atom is -0.447 e. The zero-order chi connectivity index (χ0) is 18.4. The van der Waals surface area contributed by atoms with Crippen LogP contribution in [0.5, 0.6) is 0 Å². The molecule has 4 rings (SSSR count). The molecule has 26 heavy (non-hydrogen) atoms. The Bertz CT molecular complexity index is 851. The monoisotopic (exact) mass is 370 g/mol. The molecule has 0 aliphatic carbocycles. The summed E-state index contributed by atoms with van der Waals surface area (Å²) in [5, 5.41) is 3.89. The van der Waals surface area contributed by atoms with Gasteiger partial charge in [0, 0.05) is 12.7 Å². The molecule has 0 saturated carbocycles. The van der Waals surface area contributed by atoms with Crippen molar-refractivity contribution in [2.75, 3.05) is 31.8 Å². The number of halogens is 2. The van der Waals surface area contributed by atoms with Gasteiger partial charge in [0.1, 0.15) is 12.6 Å². The van der Waals surface area contributed by atoms with E-state index in [1.54, 1.807) is 6.92 Å². The van der Waals surface area contributed by atoms with Crippen molar-refractivity contribution in [3.8, 4) is 0 Å². The zero-order valence-corrected chi connectivity index (χ0v) is 14.0. The van der Waals surface area contributed by atoms with Gasteiger partial charge in [-0.25, -0.2) is 14.1 Å². The summed E-state index contributed by atoms with van der Waals surface area (Å²) in [5.41, 5.74) is -0.524. The molecular weight excluding hydrogens is 354 g/mol. The van der Waals surface area contributed by atoms with Gasteiger partial charge in [0.2, 0.25) is 11.4 Å². The van der Waals surface area contributed by atoms with Gasteiger partial charge in [-0.05, 0) is 13.0 Å². The molecule has 140 valence electrons. The highest BCUT2D eigenvalue weighted by Gasteiger charge is 2.41. The number of hydrogen-bond donors (Lipinski definition) is 0. The standard InChI is InChI=1S/C16H16F2N2O6/c1-7(22-2)10-6-25-16(21)20(10)14-9-5-8(15-23-3-4-24-15)11(17)12(18)13(9)26-19-14/h5,7,10,15H,3-4,6H2,1-2H3/t7-,10+/m0/s1. The molecule has 2 atom stereocenters. The first-order valence-corrected chi connectivity index (χ1v) is 8.02. The molecule has 10 heteroatoms. The number of carbonyl (C=O) groups excluding carboxylic acids is 1. The van der Waals surface area contributed by atoms with E-state index in [2.05, 4.69) is 5.16 Å². The van der Waals surface area contributed by atoms with Crippen molar-refractivity contribution in [3.05, 3.63) is 23.3 Å². The van der Waals surface area contributed by atoms with Crippen LogP contribution >= 0.6 is 0 Å². The molecule has 2 fully saturated rings. The fourth-order valence-corrected chi connectivity index (χ4v) is 3.09. The van der Waals surface area contributed by atoms with Crippen LogP contribution in [0.1, 0.15) is 18.8 Å². The molecule has 1 amide bonds. The van der Waals surface area contributed by atoms with Crippen molar-refractivity contribution in [1.82, 2.24) is 5.16 Å². The zero-order valence-electron chi connectivity index (χ0n) is 14.0. The number of fused-ring (bicyclic) bond motifs is 1. The highest BCUT2D eigenvalue weighted by atomic mass is 19.2. The van der Waals surface area contributed by atoms with Gasteiger partial charge in [-0.1, -0.05) is 5.16 Å². The summed E-state index contributed by atoms with van der Waals surface area (Å²) < 4.78 is 54.6. The molecule has 0 N–H and O–H groups in total. The number of aromatic nitrogens is 1. The van der Waals surface area contributed by atoms with Gasteiger partial charge in [0.15, 0.2) is 17.9 Å². The highest BCUT2D eigenvalue weighted by Crippen LogP contribution is 2.37. The van der Waals surface area contributed by atoms with Crippen LogP contribution in [0.15, 0.2) is 10.6 Å². The van der Waals surface area contributed by atoms with Crippen LogP contribution in [0.3, 0.4) is 0 Å². The van der Waals surface area contributed by atoms with Gasteiger partial charge < -0.3 is 23.5 Å². The summed E-state index contributed by atoms with van der Waals surface area (Å²) in [4.78, 5) is 13.4. The van der Waals surface area contributed by atoms with E-state index in [1.807, 2.05) is 0 Å². The van der Waals surface area contributed by atoms with Gasteiger partial charge in [0.25, 0.3) is 0 Å². The molecule has 8 nitrogen and oxygen atoms in total. The lowest BCUT2D eigenvalue weighted by molar-refractivity contribution is -0.0467. The molecule has 2 saturated heterocycles. The Morgan fingerprint density at radius 3 is 2.73 bits per heavy atom. The maximum absolute atomic E-state index is 14.5. The molecular formula is C16H16F2N2O6. The van der Waals surface area contributed by atoms with Crippen molar-refractivity contribution < 1.29 is 37.0 Å². The third kappa shape index (κ3) is 2.52. The smallest absolute Gasteiger partial charge is 0.416 e. The Morgan fingerprint density at radius 2 is 2.04 bits per heavy atom. The van der Waals surface area contributed by atoms with E-state index >= 15 is 0 Å². The Hall–Kier alpha value is -2.30. The third-order valence-corrected chi connectivity index (χ3v) is 4.58. The van der Waals surface area contributed by atoms with Crippen molar-refractivity contribution in [2.24, 2.45) is 0 Å². The number of cyclic esters (lactones) is 1. The second kappa shape index (κ2) is 6.45. The SMILES string of the molecule is CO[C@@H](C)[C@H]1COC(=O)N1c1noc2c(F)c(F)c(C3OCCO3)cc12. The molecule has 3 heterocycles. The van der Waals surface area contributed by atoms with E-state index in [1.165, 1.54) is 18.1 Å². The maximum atomic E-state index is 14.5. The molecule has 1 aromatic carbocycles. The number of methoxy groups -OCH3 is 1. The van der Waals surface area contributed by atoms with Gasteiger partial charge in [-0.3, -0.25) is 0 Å². The number of benzene rings is 1. The number of ether oxygens (including phenoxy) is 4. The maximum Gasteiger partial charge on any atom is 0.416 e. The number of nitrogens with zero attached hydrogens (tertiary/aromatic N) is 2. The number of amides is 1. The quantitative estimate of drug-likeness (QED) is 0.818. The fourth-order valence-electron chi connectivity index (χ4n) is 3.09. The van der Waals surface area contributed by atoms with E-state index in [0.717, 1.165) is 0 Å². The summed E-state index contributed by atoms with van der Waals surface area (Å²) in [6, 6.07) is 0.826. The predicted octanol–water partition coefficient (Wildman–Crippen LogP) is 2.51. The summed E-state index contributed by atoms with van der Waals surface area (Å²) >= 11 is 0. The second-order valence-corrected chi connectivity index (χ2v) is 6.01. The summed E-state index contributed by atoms with van der Waals surface area (Å²) in [6.45, 7) is 2.37. The van der Waals surface area contributed by atoms with E-state index in [9.17, 15) is 13.6 Å². The predicted molar refractivity (Wildman–Crippen MR) is 82.7 cm³/mol. The first-order chi connectivity index (χ1) is 12.5. The molecule has 2 aliphatic rings. The van der Waals surface area contributed by atoms with Crippen LogP contribution in [0.4, 0.5) is 19.4 Å². The Balaban J connectivity index is 1.84. The van der Waals surface area contributed by atoms with Gasteiger partial charge in [-0.2, -0.15) is 4.39 Å². The largest absolute Gasteiger partial charge is 0.447 e. The lowest BCUT2D eigenvalue weighted by Crippen LogP contribution is -2.42. The van der Waals surface area contributed by atoms with Crippen molar-refractivity contribution in [2.45, 2.75) is 25.4 Å². The minimum atomic E-state index is -1.22. The van der Waals surface area contributed by atoms with Gasteiger partial charge in [0.05, 0.1) is 24.7 Å². The van der Waals surface area contributed by atoms with Crippen LogP contribution in [0, 0.1) is 11.6 Å².